The van der Waals surface area contributed by atoms with Crippen LogP contribution in [0.3, 0.4) is 0 Å². The van der Waals surface area contributed by atoms with Crippen LogP contribution in [0.1, 0.15) is 52.4 Å². The fourth-order valence-electron chi connectivity index (χ4n) is 4.99. The van der Waals surface area contributed by atoms with E-state index in [4.69, 9.17) is 9.47 Å². The van der Waals surface area contributed by atoms with E-state index in [0.717, 1.165) is 44.7 Å². The summed E-state index contributed by atoms with van der Waals surface area (Å²) in [5.74, 6) is 1.03. The van der Waals surface area contributed by atoms with Gasteiger partial charge in [-0.15, -0.1) is 0 Å². The molecule has 1 N–H and O–H groups in total. The van der Waals surface area contributed by atoms with Crippen LogP contribution in [0.5, 0.6) is 5.75 Å². The van der Waals surface area contributed by atoms with Gasteiger partial charge in [-0.25, -0.2) is 4.79 Å². The zero-order valence-corrected chi connectivity index (χ0v) is 21.6. The van der Waals surface area contributed by atoms with Crippen molar-refractivity contribution < 1.29 is 23.9 Å². The van der Waals surface area contributed by atoms with Gasteiger partial charge in [0, 0.05) is 44.8 Å². The number of urea groups is 1. The van der Waals surface area contributed by atoms with Crippen LogP contribution in [0, 0.1) is 5.92 Å². The number of hydrogen-bond donors (Lipinski definition) is 1. The Bertz CT molecular complexity index is 890. The van der Waals surface area contributed by atoms with Gasteiger partial charge in [0.2, 0.25) is 5.91 Å². The normalized spacial score (nSPS) is 20.6. The van der Waals surface area contributed by atoms with E-state index < -0.39 is 6.03 Å². The van der Waals surface area contributed by atoms with Crippen LogP contribution in [0.4, 0.5) is 10.5 Å². The number of ether oxygens (including phenoxy) is 2. The van der Waals surface area contributed by atoms with E-state index >= 15 is 0 Å². The Morgan fingerprint density at radius 2 is 1.61 bits per heavy atom. The summed E-state index contributed by atoms with van der Waals surface area (Å²) in [4.78, 5) is 41.9. The van der Waals surface area contributed by atoms with E-state index in [1.165, 1.54) is 17.9 Å². The zero-order valence-electron chi connectivity index (χ0n) is 21.6. The van der Waals surface area contributed by atoms with Crippen molar-refractivity contribution in [3.05, 3.63) is 24.3 Å². The van der Waals surface area contributed by atoms with Gasteiger partial charge in [-0.1, -0.05) is 13.8 Å². The van der Waals surface area contributed by atoms with E-state index in [2.05, 4.69) is 24.1 Å². The van der Waals surface area contributed by atoms with Gasteiger partial charge < -0.3 is 19.3 Å². The highest BCUT2D eigenvalue weighted by atomic mass is 16.5. The Hall–Kier alpha value is -2.65. The molecule has 3 fully saturated rings. The quantitative estimate of drug-likeness (QED) is 0.561. The maximum Gasteiger partial charge on any atom is 0.328 e. The lowest BCUT2D eigenvalue weighted by Gasteiger charge is -2.37. The van der Waals surface area contributed by atoms with E-state index in [1.807, 2.05) is 4.90 Å². The molecule has 0 aromatic heterocycles. The third-order valence-electron chi connectivity index (χ3n) is 7.30. The van der Waals surface area contributed by atoms with Crippen LogP contribution in [0.15, 0.2) is 24.3 Å². The minimum Gasteiger partial charge on any atom is -0.484 e. The third-order valence-corrected chi connectivity index (χ3v) is 7.30. The molecule has 3 aliphatic heterocycles. The second-order valence-electron chi connectivity index (χ2n) is 10.5. The molecule has 0 saturated carbocycles. The Balaban J connectivity index is 1.13. The van der Waals surface area contributed by atoms with Gasteiger partial charge in [-0.3, -0.25) is 19.8 Å². The van der Waals surface area contributed by atoms with Gasteiger partial charge in [-0.05, 0) is 68.8 Å². The van der Waals surface area contributed by atoms with Crippen LogP contribution in [0.25, 0.3) is 0 Å². The minimum atomic E-state index is -0.422. The highest BCUT2D eigenvalue weighted by molar-refractivity contribution is 6.05. The molecule has 3 aliphatic rings. The summed E-state index contributed by atoms with van der Waals surface area (Å²) < 4.78 is 12.1. The standard InChI is InChI=1S/C27H40N4O5/c1-20(2)7-13-29-14-8-23(9-15-29)36-24-10-16-30(17-11-24)26(33)19-35-22-5-3-21(4-6-22)31-18-12-25(32)28-27(31)34/h3-6,20,23-24H,7-19H2,1-2H3,(H,28,32,34). The van der Waals surface area contributed by atoms with E-state index in [1.54, 1.807) is 24.3 Å². The SMILES string of the molecule is CC(C)CCN1CCC(OC2CCN(C(=O)COc3ccc(N4CCC(=O)NC4=O)cc3)CC2)CC1. The van der Waals surface area contributed by atoms with E-state index in [-0.39, 0.29) is 30.9 Å². The number of carbonyl (C=O) groups is 3. The molecule has 0 radical (unpaired) electrons. The molecule has 0 atom stereocenters. The first kappa shape index (κ1) is 26.4. The van der Waals surface area contributed by atoms with Crippen LogP contribution in [-0.2, 0) is 14.3 Å². The van der Waals surface area contributed by atoms with Crippen LogP contribution < -0.4 is 15.0 Å². The van der Waals surface area contributed by atoms with Gasteiger partial charge in [0.05, 0.1) is 12.2 Å². The fraction of sp³-hybridized carbons (Fsp3) is 0.667. The van der Waals surface area contributed by atoms with Crippen molar-refractivity contribution >= 4 is 23.5 Å². The van der Waals surface area contributed by atoms with Gasteiger partial charge in [0.1, 0.15) is 5.75 Å². The summed E-state index contributed by atoms with van der Waals surface area (Å²) >= 11 is 0. The maximum absolute atomic E-state index is 12.7. The third kappa shape index (κ3) is 7.43. The van der Waals surface area contributed by atoms with Gasteiger partial charge >= 0.3 is 6.03 Å². The lowest BCUT2D eigenvalue weighted by Crippen LogP contribution is -2.49. The summed E-state index contributed by atoms with van der Waals surface area (Å²) in [6.07, 6.45) is 6.05. The van der Waals surface area contributed by atoms with Crippen molar-refractivity contribution in [2.24, 2.45) is 5.92 Å². The predicted molar refractivity (Wildman–Crippen MR) is 137 cm³/mol. The number of nitrogens with one attached hydrogen (secondary N) is 1. The molecule has 0 spiro atoms. The Morgan fingerprint density at radius 1 is 0.972 bits per heavy atom. The van der Waals surface area contributed by atoms with Crippen LogP contribution >= 0.6 is 0 Å². The van der Waals surface area contributed by atoms with Crippen LogP contribution in [-0.4, -0.2) is 85.7 Å². The van der Waals surface area contributed by atoms with E-state index in [0.29, 0.717) is 37.2 Å². The number of likely N-dealkylation sites (tertiary alicyclic amines) is 2. The van der Waals surface area contributed by atoms with Crippen molar-refractivity contribution in [2.45, 2.75) is 64.6 Å². The molecule has 0 unspecified atom stereocenters. The molecule has 0 aliphatic carbocycles. The second-order valence-corrected chi connectivity index (χ2v) is 10.5. The summed E-state index contributed by atoms with van der Waals surface area (Å²) in [6.45, 7) is 9.72. The molecule has 1 aromatic carbocycles. The molecule has 9 nitrogen and oxygen atoms in total. The lowest BCUT2D eigenvalue weighted by molar-refractivity contribution is -0.137. The first-order chi connectivity index (χ1) is 17.4. The molecule has 9 heteroatoms. The predicted octanol–water partition coefficient (Wildman–Crippen LogP) is 3.03. The lowest BCUT2D eigenvalue weighted by atomic mass is 10.0. The minimum absolute atomic E-state index is 0.0155. The molecular weight excluding hydrogens is 460 g/mol. The molecule has 4 rings (SSSR count). The smallest absolute Gasteiger partial charge is 0.328 e. The number of piperidine rings is 2. The first-order valence-corrected chi connectivity index (χ1v) is 13.4. The summed E-state index contributed by atoms with van der Waals surface area (Å²) in [5.41, 5.74) is 0.682. The fourth-order valence-corrected chi connectivity index (χ4v) is 4.99. The number of rotatable bonds is 9. The first-order valence-electron chi connectivity index (χ1n) is 13.4. The molecule has 4 amide bonds. The number of carbonyl (C=O) groups excluding carboxylic acids is 3. The summed E-state index contributed by atoms with van der Waals surface area (Å²) in [6, 6.07) is 6.57. The maximum atomic E-state index is 12.7. The monoisotopic (exact) mass is 500 g/mol. The topological polar surface area (TPSA) is 91.4 Å². The molecule has 198 valence electrons. The number of hydrogen-bond acceptors (Lipinski definition) is 6. The van der Waals surface area contributed by atoms with Crippen molar-refractivity contribution in [1.82, 2.24) is 15.1 Å². The number of imide groups is 1. The highest BCUT2D eigenvalue weighted by Gasteiger charge is 2.28. The average Bonchev–Trinajstić information content (AvgIpc) is 2.88. The van der Waals surface area contributed by atoms with Gasteiger partial charge in [0.25, 0.3) is 5.91 Å². The van der Waals surface area contributed by atoms with Crippen molar-refractivity contribution in [3.8, 4) is 5.75 Å². The molecule has 0 bridgehead atoms. The molecule has 1 aromatic rings. The van der Waals surface area contributed by atoms with Crippen molar-refractivity contribution in [2.75, 3.05) is 50.8 Å². The highest BCUT2D eigenvalue weighted by Crippen LogP contribution is 2.23. The van der Waals surface area contributed by atoms with E-state index in [9.17, 15) is 14.4 Å². The Kier molecular flexibility index (Phi) is 9.20. The van der Waals surface area contributed by atoms with Gasteiger partial charge in [0.15, 0.2) is 6.61 Å². The number of benzene rings is 1. The Morgan fingerprint density at radius 3 is 2.22 bits per heavy atom. The summed E-state index contributed by atoms with van der Waals surface area (Å²) in [7, 11) is 0. The molecule has 36 heavy (non-hydrogen) atoms. The summed E-state index contributed by atoms with van der Waals surface area (Å²) in [5, 5.41) is 2.31. The second kappa shape index (κ2) is 12.5. The zero-order chi connectivity index (χ0) is 25.5. The number of anilines is 1. The van der Waals surface area contributed by atoms with Gasteiger partial charge in [-0.2, -0.15) is 0 Å². The Labute approximate surface area is 214 Å². The molecule has 3 heterocycles. The molecule has 3 saturated heterocycles. The molecular formula is C27H40N4O5. The number of amides is 4. The average molecular weight is 501 g/mol. The van der Waals surface area contributed by atoms with Crippen molar-refractivity contribution in [1.29, 1.82) is 0 Å². The van der Waals surface area contributed by atoms with Crippen molar-refractivity contribution in [3.63, 3.8) is 0 Å². The van der Waals surface area contributed by atoms with Crippen LogP contribution in [0.2, 0.25) is 0 Å². The largest absolute Gasteiger partial charge is 0.484 e. The number of nitrogens with zero attached hydrogens (tertiary/aromatic N) is 3.